The minimum absolute atomic E-state index is 0.198. The van der Waals surface area contributed by atoms with Crippen LogP contribution in [0.5, 0.6) is 0 Å². The van der Waals surface area contributed by atoms with E-state index in [4.69, 9.17) is 0 Å². The molecule has 0 aliphatic carbocycles. The number of hydrogen-bond acceptors (Lipinski definition) is 2. The summed E-state index contributed by atoms with van der Waals surface area (Å²) < 4.78 is 0. The van der Waals surface area contributed by atoms with E-state index in [9.17, 15) is 4.79 Å². The highest BCUT2D eigenvalue weighted by molar-refractivity contribution is 5.83. The van der Waals surface area contributed by atoms with Gasteiger partial charge in [0.1, 0.15) is 0 Å². The van der Waals surface area contributed by atoms with Gasteiger partial charge >= 0.3 is 0 Å². The Balaban J connectivity index is 1.96. The maximum Gasteiger partial charge on any atom is 0.227 e. The summed E-state index contributed by atoms with van der Waals surface area (Å²) >= 11 is 0. The predicted octanol–water partition coefficient (Wildman–Crippen LogP) is 2.39. The summed E-state index contributed by atoms with van der Waals surface area (Å²) in [7, 11) is 0. The molecule has 19 heavy (non-hydrogen) atoms. The first-order chi connectivity index (χ1) is 9.16. The highest BCUT2D eigenvalue weighted by atomic mass is 16.2. The molecule has 0 spiro atoms. The standard InChI is InChI=1S/C16H24N2O/c1-3-16(8-5-9-17-12-16)15(19)18-11-14-7-4-6-13(2)10-14/h4,6-7,10,17H,3,5,8-9,11-12H2,1-2H3,(H,18,19). The summed E-state index contributed by atoms with van der Waals surface area (Å²) in [6, 6.07) is 8.29. The molecule has 1 amide bonds. The van der Waals surface area contributed by atoms with Crippen LogP contribution in [0.15, 0.2) is 24.3 Å². The Labute approximate surface area is 115 Å². The fourth-order valence-corrected chi connectivity index (χ4v) is 2.82. The van der Waals surface area contributed by atoms with Crippen LogP contribution in [0, 0.1) is 12.3 Å². The van der Waals surface area contributed by atoms with E-state index in [1.54, 1.807) is 0 Å². The molecule has 1 fully saturated rings. The quantitative estimate of drug-likeness (QED) is 0.873. The number of amides is 1. The molecule has 1 aliphatic heterocycles. The van der Waals surface area contributed by atoms with Gasteiger partial charge in [-0.2, -0.15) is 0 Å². The lowest BCUT2D eigenvalue weighted by Gasteiger charge is -2.35. The van der Waals surface area contributed by atoms with Crippen LogP contribution in [-0.4, -0.2) is 19.0 Å². The van der Waals surface area contributed by atoms with Gasteiger partial charge in [-0.3, -0.25) is 4.79 Å². The Morgan fingerprint density at radius 1 is 1.47 bits per heavy atom. The molecule has 1 heterocycles. The molecule has 0 saturated carbocycles. The molecule has 1 aromatic rings. The molecule has 1 atom stereocenters. The summed E-state index contributed by atoms with van der Waals surface area (Å²) in [5, 5.41) is 6.46. The predicted molar refractivity (Wildman–Crippen MR) is 77.9 cm³/mol. The van der Waals surface area contributed by atoms with Crippen molar-refractivity contribution in [3.63, 3.8) is 0 Å². The summed E-state index contributed by atoms with van der Waals surface area (Å²) in [6.45, 7) is 6.65. The number of benzene rings is 1. The second-order valence-corrected chi connectivity index (χ2v) is 5.59. The largest absolute Gasteiger partial charge is 0.352 e. The summed E-state index contributed by atoms with van der Waals surface area (Å²) in [5.41, 5.74) is 2.20. The monoisotopic (exact) mass is 260 g/mol. The first-order valence-electron chi connectivity index (χ1n) is 7.21. The van der Waals surface area contributed by atoms with Crippen LogP contribution in [0.3, 0.4) is 0 Å². The number of carbonyl (C=O) groups is 1. The van der Waals surface area contributed by atoms with E-state index < -0.39 is 0 Å². The normalized spacial score (nSPS) is 23.1. The SMILES string of the molecule is CCC1(C(=O)NCc2cccc(C)c2)CCCNC1. The van der Waals surface area contributed by atoms with Crippen molar-refractivity contribution in [1.29, 1.82) is 0 Å². The van der Waals surface area contributed by atoms with Gasteiger partial charge in [0.05, 0.1) is 5.41 Å². The fraction of sp³-hybridized carbons (Fsp3) is 0.562. The molecule has 3 nitrogen and oxygen atoms in total. The van der Waals surface area contributed by atoms with Crippen molar-refractivity contribution < 1.29 is 4.79 Å². The third-order valence-corrected chi connectivity index (χ3v) is 4.17. The maximum atomic E-state index is 12.5. The van der Waals surface area contributed by atoms with Crippen LogP contribution in [0.1, 0.15) is 37.3 Å². The van der Waals surface area contributed by atoms with Crippen molar-refractivity contribution in [3.8, 4) is 0 Å². The molecule has 1 saturated heterocycles. The molecule has 2 rings (SSSR count). The summed E-state index contributed by atoms with van der Waals surface area (Å²) in [6.07, 6.45) is 2.99. The molecule has 0 aromatic heterocycles. The van der Waals surface area contributed by atoms with Crippen molar-refractivity contribution >= 4 is 5.91 Å². The van der Waals surface area contributed by atoms with Gasteiger partial charge in [0.25, 0.3) is 0 Å². The van der Waals surface area contributed by atoms with Crippen LogP contribution >= 0.6 is 0 Å². The molecule has 0 bridgehead atoms. The maximum absolute atomic E-state index is 12.5. The van der Waals surface area contributed by atoms with Gasteiger partial charge < -0.3 is 10.6 Å². The van der Waals surface area contributed by atoms with Crippen LogP contribution in [0.2, 0.25) is 0 Å². The Bertz CT molecular complexity index is 436. The van der Waals surface area contributed by atoms with E-state index >= 15 is 0 Å². The number of piperidine rings is 1. The zero-order valence-corrected chi connectivity index (χ0v) is 12.0. The third kappa shape index (κ3) is 3.35. The van der Waals surface area contributed by atoms with Gasteiger partial charge in [0, 0.05) is 13.1 Å². The molecular weight excluding hydrogens is 236 g/mol. The topological polar surface area (TPSA) is 41.1 Å². The van der Waals surface area contributed by atoms with Crippen LogP contribution in [0.25, 0.3) is 0 Å². The van der Waals surface area contributed by atoms with Crippen LogP contribution in [-0.2, 0) is 11.3 Å². The van der Waals surface area contributed by atoms with Crippen molar-refractivity contribution in [2.75, 3.05) is 13.1 Å². The van der Waals surface area contributed by atoms with Crippen LogP contribution in [0.4, 0.5) is 0 Å². The Hall–Kier alpha value is -1.35. The summed E-state index contributed by atoms with van der Waals surface area (Å²) in [4.78, 5) is 12.5. The lowest BCUT2D eigenvalue weighted by atomic mass is 9.77. The van der Waals surface area contributed by atoms with Crippen molar-refractivity contribution in [2.24, 2.45) is 5.41 Å². The number of nitrogens with one attached hydrogen (secondary N) is 2. The highest BCUT2D eigenvalue weighted by Gasteiger charge is 2.37. The van der Waals surface area contributed by atoms with Crippen LogP contribution < -0.4 is 10.6 Å². The third-order valence-electron chi connectivity index (χ3n) is 4.17. The van der Waals surface area contributed by atoms with E-state index in [-0.39, 0.29) is 11.3 Å². The Morgan fingerprint density at radius 2 is 2.32 bits per heavy atom. The summed E-state index contributed by atoms with van der Waals surface area (Å²) in [5.74, 6) is 0.198. The van der Waals surface area contributed by atoms with E-state index in [0.717, 1.165) is 32.4 Å². The minimum atomic E-state index is -0.206. The van der Waals surface area contributed by atoms with E-state index in [1.165, 1.54) is 11.1 Å². The lowest BCUT2D eigenvalue weighted by Crippen LogP contribution is -2.50. The second-order valence-electron chi connectivity index (χ2n) is 5.59. The first kappa shape index (κ1) is 14.1. The Kier molecular flexibility index (Phi) is 4.59. The average molecular weight is 260 g/mol. The molecule has 104 valence electrons. The highest BCUT2D eigenvalue weighted by Crippen LogP contribution is 2.30. The average Bonchev–Trinajstić information content (AvgIpc) is 2.45. The van der Waals surface area contributed by atoms with Crippen molar-refractivity contribution in [1.82, 2.24) is 10.6 Å². The van der Waals surface area contributed by atoms with Gasteiger partial charge in [-0.1, -0.05) is 36.8 Å². The minimum Gasteiger partial charge on any atom is -0.352 e. The molecular formula is C16H24N2O. The van der Waals surface area contributed by atoms with Crippen molar-refractivity contribution in [3.05, 3.63) is 35.4 Å². The molecule has 0 radical (unpaired) electrons. The second kappa shape index (κ2) is 6.20. The van der Waals surface area contributed by atoms with Gasteiger partial charge in [0.2, 0.25) is 5.91 Å². The van der Waals surface area contributed by atoms with Gasteiger partial charge in [-0.25, -0.2) is 0 Å². The van der Waals surface area contributed by atoms with Gasteiger partial charge in [0.15, 0.2) is 0 Å². The van der Waals surface area contributed by atoms with Crippen molar-refractivity contribution in [2.45, 2.75) is 39.7 Å². The number of aryl methyl sites for hydroxylation is 1. The number of carbonyl (C=O) groups excluding carboxylic acids is 1. The number of rotatable bonds is 4. The lowest BCUT2D eigenvalue weighted by molar-refractivity contribution is -0.132. The molecule has 2 N–H and O–H groups in total. The molecule has 1 aliphatic rings. The first-order valence-corrected chi connectivity index (χ1v) is 7.21. The Morgan fingerprint density at radius 3 is 2.95 bits per heavy atom. The van der Waals surface area contributed by atoms with E-state index in [1.807, 2.05) is 6.07 Å². The van der Waals surface area contributed by atoms with Gasteiger partial charge in [-0.05, 0) is 38.3 Å². The number of hydrogen-bond donors (Lipinski definition) is 2. The zero-order chi connectivity index (χ0) is 13.7. The van der Waals surface area contributed by atoms with E-state index in [0.29, 0.717) is 6.54 Å². The molecule has 3 heteroatoms. The molecule has 1 aromatic carbocycles. The van der Waals surface area contributed by atoms with E-state index in [2.05, 4.69) is 42.7 Å². The van der Waals surface area contributed by atoms with Gasteiger partial charge in [-0.15, -0.1) is 0 Å². The smallest absolute Gasteiger partial charge is 0.227 e. The zero-order valence-electron chi connectivity index (χ0n) is 12.0. The molecule has 1 unspecified atom stereocenters. The fourth-order valence-electron chi connectivity index (χ4n) is 2.82.